The third kappa shape index (κ3) is 1.86. The lowest BCUT2D eigenvalue weighted by Crippen LogP contribution is -2.11. The number of nitrogens with zero attached hydrogens (tertiary/aromatic N) is 2. The second kappa shape index (κ2) is 4.13. The molecule has 0 amide bonds. The second-order valence-corrected chi connectivity index (χ2v) is 3.20. The minimum Gasteiger partial charge on any atom is -0.462 e. The summed E-state index contributed by atoms with van der Waals surface area (Å²) in [5, 5.41) is 4.01. The van der Waals surface area contributed by atoms with Crippen molar-refractivity contribution in [2.24, 2.45) is 0 Å². The van der Waals surface area contributed by atoms with Crippen molar-refractivity contribution in [1.82, 2.24) is 9.78 Å². The molecule has 1 heterocycles. The molecule has 0 spiro atoms. The van der Waals surface area contributed by atoms with E-state index < -0.39 is 5.97 Å². The molecule has 14 heavy (non-hydrogen) atoms. The minimum atomic E-state index is -0.420. The Labute approximate surface area is 82.8 Å². The molecule has 0 aromatic carbocycles. The van der Waals surface area contributed by atoms with Crippen LogP contribution in [0, 0.1) is 0 Å². The van der Waals surface area contributed by atoms with Crippen LogP contribution in [0.15, 0.2) is 6.20 Å². The maximum Gasteiger partial charge on any atom is 0.343 e. The average molecular weight is 197 g/mol. The van der Waals surface area contributed by atoms with Crippen LogP contribution in [0.2, 0.25) is 0 Å². The number of rotatable bonds is 3. The first-order valence-electron chi connectivity index (χ1n) is 4.58. The highest BCUT2D eigenvalue weighted by atomic mass is 16.5. The number of hydrogen-bond donors (Lipinski definition) is 1. The molecule has 0 aliphatic rings. The van der Waals surface area contributed by atoms with E-state index in [0.717, 1.165) is 0 Å². The Morgan fingerprint density at radius 1 is 1.71 bits per heavy atom. The standard InChI is InChI=1S/C9H15N3O2/c1-4-14-9(13)7-5-11-12(6(2)3)8(7)10/h5-6H,4,10H2,1-3H3. The van der Waals surface area contributed by atoms with Crippen molar-refractivity contribution in [3.05, 3.63) is 11.8 Å². The molecule has 0 fully saturated rings. The van der Waals surface area contributed by atoms with Gasteiger partial charge in [-0.25, -0.2) is 9.48 Å². The Morgan fingerprint density at radius 2 is 2.36 bits per heavy atom. The Hall–Kier alpha value is -1.52. The monoisotopic (exact) mass is 197 g/mol. The molecular formula is C9H15N3O2. The summed E-state index contributed by atoms with van der Waals surface area (Å²) >= 11 is 0. The molecule has 5 nitrogen and oxygen atoms in total. The molecular weight excluding hydrogens is 182 g/mol. The number of aromatic nitrogens is 2. The van der Waals surface area contributed by atoms with Gasteiger partial charge in [-0.15, -0.1) is 0 Å². The topological polar surface area (TPSA) is 70.1 Å². The highest BCUT2D eigenvalue weighted by molar-refractivity contribution is 5.93. The van der Waals surface area contributed by atoms with Gasteiger partial charge in [-0.1, -0.05) is 0 Å². The minimum absolute atomic E-state index is 0.137. The van der Waals surface area contributed by atoms with Gasteiger partial charge in [0.2, 0.25) is 0 Å². The maximum atomic E-state index is 11.3. The van der Waals surface area contributed by atoms with Gasteiger partial charge < -0.3 is 10.5 Å². The van der Waals surface area contributed by atoms with E-state index in [0.29, 0.717) is 18.0 Å². The third-order valence-electron chi connectivity index (χ3n) is 1.82. The Balaban J connectivity index is 2.95. The number of ether oxygens (including phenoxy) is 1. The lowest BCUT2D eigenvalue weighted by atomic mass is 10.3. The number of hydrogen-bond acceptors (Lipinski definition) is 4. The summed E-state index contributed by atoms with van der Waals surface area (Å²) in [6.45, 7) is 5.97. The predicted molar refractivity (Wildman–Crippen MR) is 53.0 cm³/mol. The smallest absolute Gasteiger partial charge is 0.343 e. The summed E-state index contributed by atoms with van der Waals surface area (Å²) in [6.07, 6.45) is 1.44. The number of anilines is 1. The molecule has 0 bridgehead atoms. The van der Waals surface area contributed by atoms with E-state index in [1.54, 1.807) is 11.6 Å². The van der Waals surface area contributed by atoms with E-state index >= 15 is 0 Å². The zero-order valence-electron chi connectivity index (χ0n) is 8.65. The van der Waals surface area contributed by atoms with Crippen LogP contribution in [0.5, 0.6) is 0 Å². The van der Waals surface area contributed by atoms with Gasteiger partial charge in [0.05, 0.1) is 12.8 Å². The number of esters is 1. The van der Waals surface area contributed by atoms with Gasteiger partial charge in [-0.05, 0) is 20.8 Å². The number of nitrogens with two attached hydrogens (primary N) is 1. The van der Waals surface area contributed by atoms with Crippen molar-refractivity contribution in [1.29, 1.82) is 0 Å². The molecule has 0 atom stereocenters. The SMILES string of the molecule is CCOC(=O)c1cnn(C(C)C)c1N. The third-order valence-corrected chi connectivity index (χ3v) is 1.82. The molecule has 1 aromatic heterocycles. The largest absolute Gasteiger partial charge is 0.462 e. The lowest BCUT2D eigenvalue weighted by Gasteiger charge is -2.07. The van der Waals surface area contributed by atoms with Gasteiger partial charge in [0.1, 0.15) is 11.4 Å². The highest BCUT2D eigenvalue weighted by Crippen LogP contribution is 2.16. The molecule has 0 radical (unpaired) electrons. The molecule has 0 unspecified atom stereocenters. The molecule has 0 aliphatic carbocycles. The zero-order valence-corrected chi connectivity index (χ0v) is 8.65. The van der Waals surface area contributed by atoms with E-state index in [4.69, 9.17) is 10.5 Å². The summed E-state index contributed by atoms with van der Waals surface area (Å²) in [5.41, 5.74) is 6.07. The van der Waals surface area contributed by atoms with Crippen molar-refractivity contribution in [2.75, 3.05) is 12.3 Å². The highest BCUT2D eigenvalue weighted by Gasteiger charge is 2.16. The fraction of sp³-hybridized carbons (Fsp3) is 0.556. The summed E-state index contributed by atoms with van der Waals surface area (Å²) in [7, 11) is 0. The van der Waals surface area contributed by atoms with E-state index in [2.05, 4.69) is 5.10 Å². The quantitative estimate of drug-likeness (QED) is 0.740. The van der Waals surface area contributed by atoms with Crippen LogP contribution in [0.25, 0.3) is 0 Å². The van der Waals surface area contributed by atoms with Crippen LogP contribution in [0.1, 0.15) is 37.2 Å². The van der Waals surface area contributed by atoms with Crippen LogP contribution >= 0.6 is 0 Å². The van der Waals surface area contributed by atoms with Gasteiger partial charge in [-0.3, -0.25) is 0 Å². The zero-order chi connectivity index (χ0) is 10.7. The van der Waals surface area contributed by atoms with Crippen LogP contribution < -0.4 is 5.73 Å². The first-order chi connectivity index (χ1) is 6.57. The maximum absolute atomic E-state index is 11.3. The Morgan fingerprint density at radius 3 is 2.79 bits per heavy atom. The second-order valence-electron chi connectivity index (χ2n) is 3.20. The summed E-state index contributed by atoms with van der Waals surface area (Å²) < 4.78 is 6.42. The van der Waals surface area contributed by atoms with Crippen molar-refractivity contribution < 1.29 is 9.53 Å². The van der Waals surface area contributed by atoms with Crippen molar-refractivity contribution in [3.8, 4) is 0 Å². The first kappa shape index (κ1) is 10.6. The van der Waals surface area contributed by atoms with Crippen LogP contribution in [-0.4, -0.2) is 22.4 Å². The fourth-order valence-electron chi connectivity index (χ4n) is 1.15. The lowest BCUT2D eigenvalue weighted by molar-refractivity contribution is 0.0527. The van der Waals surface area contributed by atoms with Gasteiger partial charge in [0, 0.05) is 6.04 Å². The summed E-state index contributed by atoms with van der Waals surface area (Å²) in [5.74, 6) is -0.0599. The van der Waals surface area contributed by atoms with Crippen molar-refractivity contribution >= 4 is 11.8 Å². The summed E-state index contributed by atoms with van der Waals surface area (Å²) in [6, 6.07) is 0.137. The van der Waals surface area contributed by atoms with Crippen LogP contribution in [-0.2, 0) is 4.74 Å². The summed E-state index contributed by atoms with van der Waals surface area (Å²) in [4.78, 5) is 11.3. The van der Waals surface area contributed by atoms with E-state index in [-0.39, 0.29) is 6.04 Å². The number of carbonyl (C=O) groups excluding carboxylic acids is 1. The average Bonchev–Trinajstić information content (AvgIpc) is 2.47. The van der Waals surface area contributed by atoms with Crippen LogP contribution in [0.4, 0.5) is 5.82 Å². The normalized spacial score (nSPS) is 10.6. The molecule has 0 saturated heterocycles. The van der Waals surface area contributed by atoms with Gasteiger partial charge in [0.15, 0.2) is 0 Å². The van der Waals surface area contributed by atoms with Gasteiger partial charge >= 0.3 is 5.97 Å². The first-order valence-corrected chi connectivity index (χ1v) is 4.58. The van der Waals surface area contributed by atoms with E-state index in [9.17, 15) is 4.79 Å². The number of carbonyl (C=O) groups is 1. The van der Waals surface area contributed by atoms with E-state index in [1.807, 2.05) is 13.8 Å². The number of nitrogen functional groups attached to an aromatic ring is 1. The molecule has 0 aliphatic heterocycles. The van der Waals surface area contributed by atoms with Crippen molar-refractivity contribution in [2.45, 2.75) is 26.8 Å². The predicted octanol–water partition coefficient (Wildman–Crippen LogP) is 1.22. The molecule has 1 aromatic rings. The molecule has 1 rings (SSSR count). The fourth-order valence-corrected chi connectivity index (χ4v) is 1.15. The molecule has 5 heteroatoms. The van der Waals surface area contributed by atoms with Gasteiger partial charge in [-0.2, -0.15) is 5.10 Å². The van der Waals surface area contributed by atoms with Gasteiger partial charge in [0.25, 0.3) is 0 Å². The van der Waals surface area contributed by atoms with Crippen molar-refractivity contribution in [3.63, 3.8) is 0 Å². The Bertz CT molecular complexity index is 331. The van der Waals surface area contributed by atoms with Crippen LogP contribution in [0.3, 0.4) is 0 Å². The van der Waals surface area contributed by atoms with E-state index in [1.165, 1.54) is 6.20 Å². The molecule has 78 valence electrons. The molecule has 0 saturated carbocycles. The Kier molecular flexibility index (Phi) is 3.11. The molecule has 2 N–H and O–H groups in total.